The third kappa shape index (κ3) is 3.30. The topological polar surface area (TPSA) is 3.24 Å². The third-order valence-electron chi connectivity index (χ3n) is 3.85. The van der Waals surface area contributed by atoms with E-state index >= 15 is 0 Å². The number of nitrogens with zero attached hydrogens (tertiary/aromatic N) is 1. The van der Waals surface area contributed by atoms with E-state index in [1.807, 2.05) is 0 Å². The molecule has 1 aromatic carbocycles. The summed E-state index contributed by atoms with van der Waals surface area (Å²) in [4.78, 5) is 2.60. The number of alkyl halides is 1. The number of hydrogen-bond acceptors (Lipinski definition) is 1. The van der Waals surface area contributed by atoms with Gasteiger partial charge in [0.05, 0.1) is 0 Å². The molecule has 0 atom stereocenters. The van der Waals surface area contributed by atoms with E-state index in [4.69, 9.17) is 0 Å². The number of hydrogen-bond donors (Lipinski definition) is 0. The van der Waals surface area contributed by atoms with Gasteiger partial charge in [-0.05, 0) is 43.5 Å². The molecule has 100 valence electrons. The summed E-state index contributed by atoms with van der Waals surface area (Å²) in [6.07, 6.45) is 6.90. The Morgan fingerprint density at radius 2 is 1.94 bits per heavy atom. The molecule has 1 aliphatic rings. The standard InChI is InChI=1S/C15H21Br2N/c1-2-18(14-6-4-3-5-7-14)15-9-8-13(17)10-12(15)11-16/h8-10,14H,2-7,11H2,1H3. The van der Waals surface area contributed by atoms with Crippen LogP contribution in [-0.4, -0.2) is 12.6 Å². The summed E-state index contributed by atoms with van der Waals surface area (Å²) < 4.78 is 1.17. The fraction of sp³-hybridized carbons (Fsp3) is 0.600. The highest BCUT2D eigenvalue weighted by Gasteiger charge is 2.21. The Morgan fingerprint density at radius 1 is 1.22 bits per heavy atom. The summed E-state index contributed by atoms with van der Waals surface area (Å²) in [5, 5.41) is 0.922. The highest BCUT2D eigenvalue weighted by molar-refractivity contribution is 9.10. The molecule has 0 saturated heterocycles. The lowest BCUT2D eigenvalue weighted by Gasteiger charge is -2.36. The van der Waals surface area contributed by atoms with Crippen LogP contribution in [0.25, 0.3) is 0 Å². The maximum absolute atomic E-state index is 3.62. The summed E-state index contributed by atoms with van der Waals surface area (Å²) in [5.41, 5.74) is 2.79. The molecular weight excluding hydrogens is 354 g/mol. The average molecular weight is 375 g/mol. The van der Waals surface area contributed by atoms with Gasteiger partial charge in [0.2, 0.25) is 0 Å². The van der Waals surface area contributed by atoms with Gasteiger partial charge in [-0.1, -0.05) is 51.1 Å². The van der Waals surface area contributed by atoms with Gasteiger partial charge in [0.25, 0.3) is 0 Å². The zero-order chi connectivity index (χ0) is 13.0. The van der Waals surface area contributed by atoms with Crippen molar-refractivity contribution in [1.82, 2.24) is 0 Å². The molecule has 0 radical (unpaired) electrons. The molecule has 18 heavy (non-hydrogen) atoms. The first-order chi connectivity index (χ1) is 8.76. The fourth-order valence-corrected chi connectivity index (χ4v) is 3.82. The molecule has 1 aliphatic carbocycles. The first-order valence-electron chi connectivity index (χ1n) is 6.87. The maximum atomic E-state index is 3.62. The lowest BCUT2D eigenvalue weighted by Crippen LogP contribution is -2.37. The molecule has 0 heterocycles. The minimum Gasteiger partial charge on any atom is -0.369 e. The van der Waals surface area contributed by atoms with Gasteiger partial charge >= 0.3 is 0 Å². The van der Waals surface area contributed by atoms with Crippen LogP contribution in [0.5, 0.6) is 0 Å². The Balaban J connectivity index is 2.25. The SMILES string of the molecule is CCN(c1ccc(Br)cc1CBr)C1CCCCC1. The minimum absolute atomic E-state index is 0.739. The summed E-state index contributed by atoms with van der Waals surface area (Å²) >= 11 is 7.18. The second-order valence-corrected chi connectivity index (χ2v) is 6.46. The largest absolute Gasteiger partial charge is 0.369 e. The maximum Gasteiger partial charge on any atom is 0.0410 e. The molecule has 0 aliphatic heterocycles. The second-order valence-electron chi connectivity index (χ2n) is 4.98. The Bertz CT molecular complexity index is 386. The smallest absolute Gasteiger partial charge is 0.0410 e. The highest BCUT2D eigenvalue weighted by Crippen LogP contribution is 2.32. The number of anilines is 1. The van der Waals surface area contributed by atoms with Crippen LogP contribution in [0.2, 0.25) is 0 Å². The molecule has 0 unspecified atom stereocenters. The monoisotopic (exact) mass is 373 g/mol. The van der Waals surface area contributed by atoms with Gasteiger partial charge in [0, 0.05) is 28.1 Å². The number of rotatable bonds is 4. The molecule has 0 N–H and O–H groups in total. The van der Waals surface area contributed by atoms with Gasteiger partial charge < -0.3 is 4.90 Å². The molecule has 0 bridgehead atoms. The average Bonchev–Trinajstić information content (AvgIpc) is 2.42. The molecule has 3 heteroatoms. The summed E-state index contributed by atoms with van der Waals surface area (Å²) in [7, 11) is 0. The van der Waals surface area contributed by atoms with Gasteiger partial charge in [0.15, 0.2) is 0 Å². The van der Waals surface area contributed by atoms with Crippen molar-refractivity contribution in [3.8, 4) is 0 Å². The molecule has 1 nitrogen and oxygen atoms in total. The summed E-state index contributed by atoms with van der Waals surface area (Å²) in [6.45, 7) is 3.38. The molecule has 0 spiro atoms. The quantitative estimate of drug-likeness (QED) is 0.628. The molecule has 1 fully saturated rings. The Hall–Kier alpha value is -0.0200. The molecule has 0 aromatic heterocycles. The predicted molar refractivity (Wildman–Crippen MR) is 86.7 cm³/mol. The predicted octanol–water partition coefficient (Wildman–Crippen LogP) is 5.50. The summed E-state index contributed by atoms with van der Waals surface area (Å²) in [6, 6.07) is 7.39. The van der Waals surface area contributed by atoms with E-state index in [1.54, 1.807) is 0 Å². The van der Waals surface area contributed by atoms with Crippen LogP contribution >= 0.6 is 31.9 Å². The Kier molecular flexibility index (Phi) is 5.56. The van der Waals surface area contributed by atoms with Crippen LogP contribution < -0.4 is 4.90 Å². The van der Waals surface area contributed by atoms with E-state index in [0.29, 0.717) is 0 Å². The van der Waals surface area contributed by atoms with Crippen molar-refractivity contribution in [2.45, 2.75) is 50.4 Å². The van der Waals surface area contributed by atoms with E-state index in [9.17, 15) is 0 Å². The van der Waals surface area contributed by atoms with Crippen LogP contribution in [0.3, 0.4) is 0 Å². The zero-order valence-corrected chi connectivity index (χ0v) is 14.1. The van der Waals surface area contributed by atoms with Crippen molar-refractivity contribution < 1.29 is 0 Å². The first-order valence-corrected chi connectivity index (χ1v) is 8.78. The van der Waals surface area contributed by atoms with Crippen LogP contribution in [0, 0.1) is 0 Å². The lowest BCUT2D eigenvalue weighted by molar-refractivity contribution is 0.418. The van der Waals surface area contributed by atoms with E-state index < -0.39 is 0 Å². The second kappa shape index (κ2) is 6.95. The molecule has 0 amide bonds. The van der Waals surface area contributed by atoms with Gasteiger partial charge in [-0.2, -0.15) is 0 Å². The van der Waals surface area contributed by atoms with Crippen LogP contribution in [0.15, 0.2) is 22.7 Å². The molecular formula is C15H21Br2N. The van der Waals surface area contributed by atoms with Crippen LogP contribution in [0.4, 0.5) is 5.69 Å². The molecule has 2 rings (SSSR count). The first kappa shape index (κ1) is 14.4. The third-order valence-corrected chi connectivity index (χ3v) is 4.95. The summed E-state index contributed by atoms with van der Waals surface area (Å²) in [5.74, 6) is 0. The van der Waals surface area contributed by atoms with E-state index in [0.717, 1.165) is 17.9 Å². The van der Waals surface area contributed by atoms with E-state index in [2.05, 4.69) is 61.9 Å². The number of benzene rings is 1. The van der Waals surface area contributed by atoms with Crippen LogP contribution in [-0.2, 0) is 5.33 Å². The normalized spacial score (nSPS) is 16.8. The van der Waals surface area contributed by atoms with Crippen molar-refractivity contribution in [3.05, 3.63) is 28.2 Å². The van der Waals surface area contributed by atoms with Gasteiger partial charge in [0.1, 0.15) is 0 Å². The Labute approximate surface area is 127 Å². The fourth-order valence-electron chi connectivity index (χ4n) is 2.96. The van der Waals surface area contributed by atoms with Gasteiger partial charge in [-0.25, -0.2) is 0 Å². The van der Waals surface area contributed by atoms with Crippen molar-refractivity contribution in [1.29, 1.82) is 0 Å². The van der Waals surface area contributed by atoms with Crippen molar-refractivity contribution >= 4 is 37.5 Å². The highest BCUT2D eigenvalue weighted by atomic mass is 79.9. The Morgan fingerprint density at radius 3 is 2.56 bits per heavy atom. The molecule has 1 aromatic rings. The van der Waals surface area contributed by atoms with Crippen LogP contribution in [0.1, 0.15) is 44.6 Å². The molecule has 1 saturated carbocycles. The zero-order valence-electron chi connectivity index (χ0n) is 11.0. The van der Waals surface area contributed by atoms with Crippen molar-refractivity contribution in [2.24, 2.45) is 0 Å². The van der Waals surface area contributed by atoms with E-state index in [1.165, 1.54) is 47.8 Å². The number of halogens is 2. The van der Waals surface area contributed by atoms with Gasteiger partial charge in [-0.15, -0.1) is 0 Å². The lowest BCUT2D eigenvalue weighted by atomic mass is 9.93. The van der Waals surface area contributed by atoms with Crippen molar-refractivity contribution in [3.63, 3.8) is 0 Å². The van der Waals surface area contributed by atoms with Crippen molar-refractivity contribution in [2.75, 3.05) is 11.4 Å². The van der Waals surface area contributed by atoms with E-state index in [-0.39, 0.29) is 0 Å². The minimum atomic E-state index is 0.739. The van der Waals surface area contributed by atoms with Gasteiger partial charge in [-0.3, -0.25) is 0 Å².